The van der Waals surface area contributed by atoms with Crippen LogP contribution in [-0.4, -0.2) is 52.1 Å². The molecule has 0 radical (unpaired) electrons. The van der Waals surface area contributed by atoms with Crippen LogP contribution in [0.25, 0.3) is 0 Å². The first kappa shape index (κ1) is 15.9. The van der Waals surface area contributed by atoms with E-state index in [1.807, 2.05) is 19.1 Å². The topological polar surface area (TPSA) is 92.5 Å². The van der Waals surface area contributed by atoms with E-state index in [0.29, 0.717) is 26.2 Å². The Kier molecular flexibility index (Phi) is 4.37. The number of carbonyl (C=O) groups excluding carboxylic acids is 1. The Morgan fingerprint density at radius 3 is 2.42 bits per heavy atom. The van der Waals surface area contributed by atoms with E-state index in [9.17, 15) is 14.9 Å². The molecule has 1 amide bonds. The van der Waals surface area contributed by atoms with Crippen LogP contribution in [0.4, 0.5) is 11.5 Å². The average molecular weight is 327 g/mol. The smallest absolute Gasteiger partial charge is 0.282 e. The number of piperazine rings is 1. The van der Waals surface area contributed by atoms with E-state index in [1.165, 1.54) is 12.1 Å². The second-order valence-corrected chi connectivity index (χ2v) is 5.59. The van der Waals surface area contributed by atoms with E-state index >= 15 is 0 Å². The molecule has 1 aromatic heterocycles. The molecule has 2 heterocycles. The Morgan fingerprint density at radius 2 is 1.79 bits per heavy atom. The first-order valence-corrected chi connectivity index (χ1v) is 7.64. The number of anilines is 1. The maximum atomic E-state index is 12.6. The van der Waals surface area contributed by atoms with Crippen LogP contribution in [-0.2, 0) is 0 Å². The van der Waals surface area contributed by atoms with E-state index in [0.717, 1.165) is 11.5 Å². The van der Waals surface area contributed by atoms with Crippen molar-refractivity contribution in [3.05, 3.63) is 57.8 Å². The van der Waals surface area contributed by atoms with Crippen LogP contribution in [0.15, 0.2) is 36.4 Å². The minimum absolute atomic E-state index is 0.131. The Bertz CT molecular complexity index is 755. The van der Waals surface area contributed by atoms with Gasteiger partial charge in [-0.1, -0.05) is 12.1 Å². The van der Waals surface area contributed by atoms with Crippen molar-refractivity contribution in [3.8, 4) is 0 Å². The molecule has 0 saturated carbocycles. The van der Waals surface area contributed by atoms with Crippen molar-refractivity contribution in [1.29, 1.82) is 0 Å². The van der Waals surface area contributed by atoms with E-state index in [-0.39, 0.29) is 17.2 Å². The molecular weight excluding hydrogens is 310 g/mol. The molecule has 1 aliphatic heterocycles. The summed E-state index contributed by atoms with van der Waals surface area (Å²) in [7, 11) is 0. The lowest BCUT2D eigenvalue weighted by atomic mass is 10.1. The van der Waals surface area contributed by atoms with Gasteiger partial charge in [0, 0.05) is 32.2 Å². The monoisotopic (exact) mass is 327 g/mol. The lowest BCUT2D eigenvalue weighted by molar-refractivity contribution is -0.385. The van der Waals surface area contributed by atoms with Crippen molar-refractivity contribution in [3.63, 3.8) is 0 Å². The maximum Gasteiger partial charge on any atom is 0.282 e. The molecule has 1 fully saturated rings. The van der Waals surface area contributed by atoms with Gasteiger partial charge >= 0.3 is 0 Å². The summed E-state index contributed by atoms with van der Waals surface area (Å²) in [6.45, 7) is 4.08. The average Bonchev–Trinajstić information content (AvgIpc) is 2.62. The normalized spacial score (nSPS) is 14.5. The van der Waals surface area contributed by atoms with Crippen LogP contribution in [0, 0.1) is 17.0 Å². The zero-order chi connectivity index (χ0) is 17.1. The number of benzene rings is 1. The number of amides is 1. The summed E-state index contributed by atoms with van der Waals surface area (Å²) in [5, 5.41) is 19.3. The van der Waals surface area contributed by atoms with Gasteiger partial charge in [0.25, 0.3) is 11.6 Å². The lowest BCUT2D eigenvalue weighted by Crippen LogP contribution is -2.49. The van der Waals surface area contributed by atoms with Crippen molar-refractivity contribution >= 4 is 17.4 Å². The number of hydrogen-bond donors (Lipinski definition) is 0. The van der Waals surface area contributed by atoms with Crippen LogP contribution < -0.4 is 4.90 Å². The van der Waals surface area contributed by atoms with Gasteiger partial charge in [-0.3, -0.25) is 14.9 Å². The molecule has 8 nitrogen and oxygen atoms in total. The molecule has 3 rings (SSSR count). The summed E-state index contributed by atoms with van der Waals surface area (Å²) in [6, 6.07) is 9.85. The number of aryl methyl sites for hydroxylation is 1. The van der Waals surface area contributed by atoms with Crippen molar-refractivity contribution < 1.29 is 9.72 Å². The summed E-state index contributed by atoms with van der Waals surface area (Å²) in [6.07, 6.45) is 0. The third kappa shape index (κ3) is 3.17. The summed E-state index contributed by atoms with van der Waals surface area (Å²) in [5.41, 5.74) is 0.823. The molecule has 1 saturated heterocycles. The number of nitro groups is 1. The van der Waals surface area contributed by atoms with Crippen molar-refractivity contribution in [2.45, 2.75) is 6.92 Å². The third-order valence-electron chi connectivity index (χ3n) is 4.01. The van der Waals surface area contributed by atoms with E-state index in [1.54, 1.807) is 17.0 Å². The zero-order valence-corrected chi connectivity index (χ0v) is 13.3. The highest BCUT2D eigenvalue weighted by atomic mass is 16.6. The fourth-order valence-corrected chi connectivity index (χ4v) is 2.68. The predicted octanol–water partition coefficient (Wildman–Crippen LogP) is 1.66. The first-order chi connectivity index (χ1) is 11.6. The fraction of sp³-hybridized carbons (Fsp3) is 0.312. The quantitative estimate of drug-likeness (QED) is 0.629. The number of nitro benzene ring substituents is 1. The number of nitrogens with zero attached hydrogens (tertiary/aromatic N) is 5. The van der Waals surface area contributed by atoms with Gasteiger partial charge in [0.1, 0.15) is 5.56 Å². The van der Waals surface area contributed by atoms with Crippen LogP contribution in [0.2, 0.25) is 0 Å². The van der Waals surface area contributed by atoms with E-state index in [2.05, 4.69) is 15.1 Å². The van der Waals surface area contributed by atoms with Gasteiger partial charge in [-0.15, -0.1) is 5.10 Å². The largest absolute Gasteiger partial charge is 0.352 e. The molecule has 0 aliphatic carbocycles. The summed E-state index contributed by atoms with van der Waals surface area (Å²) in [5.74, 6) is 0.468. The van der Waals surface area contributed by atoms with Gasteiger partial charge in [-0.25, -0.2) is 0 Å². The van der Waals surface area contributed by atoms with Gasteiger partial charge in [-0.05, 0) is 25.1 Å². The van der Waals surface area contributed by atoms with Gasteiger partial charge in [0.2, 0.25) is 0 Å². The van der Waals surface area contributed by atoms with Gasteiger partial charge in [-0.2, -0.15) is 5.10 Å². The number of aromatic nitrogens is 2. The zero-order valence-electron chi connectivity index (χ0n) is 13.3. The Morgan fingerprint density at radius 1 is 1.08 bits per heavy atom. The van der Waals surface area contributed by atoms with Crippen molar-refractivity contribution in [2.24, 2.45) is 0 Å². The molecule has 0 bridgehead atoms. The number of rotatable bonds is 3. The minimum atomic E-state index is -0.522. The molecule has 124 valence electrons. The van der Waals surface area contributed by atoms with Gasteiger partial charge in [0.15, 0.2) is 5.82 Å². The van der Waals surface area contributed by atoms with Crippen molar-refractivity contribution in [2.75, 3.05) is 31.1 Å². The van der Waals surface area contributed by atoms with Crippen LogP contribution in [0.1, 0.15) is 16.1 Å². The first-order valence-electron chi connectivity index (χ1n) is 7.64. The number of carbonyl (C=O) groups is 1. The molecule has 1 aliphatic rings. The highest BCUT2D eigenvalue weighted by Gasteiger charge is 2.27. The van der Waals surface area contributed by atoms with Gasteiger partial charge in [0.05, 0.1) is 10.6 Å². The Balaban J connectivity index is 1.69. The molecular formula is C16H17N5O3. The number of para-hydroxylation sites is 1. The standard InChI is InChI=1S/C16H17N5O3/c1-12-6-7-15(18-17-12)19-8-10-20(11-9-19)16(22)13-4-2-3-5-14(13)21(23)24/h2-7H,8-11H2,1H3. The van der Waals surface area contributed by atoms with E-state index < -0.39 is 4.92 Å². The lowest BCUT2D eigenvalue weighted by Gasteiger charge is -2.35. The Hall–Kier alpha value is -3.03. The van der Waals surface area contributed by atoms with Crippen LogP contribution >= 0.6 is 0 Å². The molecule has 2 aromatic rings. The number of hydrogen-bond acceptors (Lipinski definition) is 6. The SMILES string of the molecule is Cc1ccc(N2CCN(C(=O)c3ccccc3[N+](=O)[O-])CC2)nn1. The molecule has 0 atom stereocenters. The van der Waals surface area contributed by atoms with Crippen LogP contribution in [0.5, 0.6) is 0 Å². The molecule has 24 heavy (non-hydrogen) atoms. The molecule has 8 heteroatoms. The fourth-order valence-electron chi connectivity index (χ4n) is 2.68. The molecule has 1 aromatic carbocycles. The Labute approximate surface area is 138 Å². The maximum absolute atomic E-state index is 12.6. The van der Waals surface area contributed by atoms with E-state index in [4.69, 9.17) is 0 Å². The summed E-state index contributed by atoms with van der Waals surface area (Å²) in [4.78, 5) is 26.8. The minimum Gasteiger partial charge on any atom is -0.352 e. The molecule has 0 unspecified atom stereocenters. The summed E-state index contributed by atoms with van der Waals surface area (Å²) < 4.78 is 0. The van der Waals surface area contributed by atoms with Gasteiger partial charge < -0.3 is 9.80 Å². The highest BCUT2D eigenvalue weighted by molar-refractivity contribution is 5.98. The third-order valence-corrected chi connectivity index (χ3v) is 4.01. The second-order valence-electron chi connectivity index (χ2n) is 5.59. The summed E-state index contributed by atoms with van der Waals surface area (Å²) >= 11 is 0. The second kappa shape index (κ2) is 6.61. The molecule has 0 spiro atoms. The predicted molar refractivity (Wildman–Crippen MR) is 88.0 cm³/mol. The van der Waals surface area contributed by atoms with Crippen molar-refractivity contribution in [1.82, 2.24) is 15.1 Å². The highest BCUT2D eigenvalue weighted by Crippen LogP contribution is 2.21. The van der Waals surface area contributed by atoms with Crippen LogP contribution in [0.3, 0.4) is 0 Å². The molecule has 0 N–H and O–H groups in total.